The van der Waals surface area contributed by atoms with Crippen LogP contribution >= 0.6 is 11.8 Å². The van der Waals surface area contributed by atoms with Gasteiger partial charge in [-0.2, -0.15) is 0 Å². The lowest BCUT2D eigenvalue weighted by Crippen LogP contribution is -2.47. The van der Waals surface area contributed by atoms with E-state index in [0.717, 1.165) is 9.80 Å². The van der Waals surface area contributed by atoms with Gasteiger partial charge >= 0.3 is 6.09 Å². The Morgan fingerprint density at radius 3 is 2.70 bits per heavy atom. The second-order valence-electron chi connectivity index (χ2n) is 6.93. The lowest BCUT2D eigenvalue weighted by Gasteiger charge is -2.32. The summed E-state index contributed by atoms with van der Waals surface area (Å²) in [7, 11) is 0. The Labute approximate surface area is 161 Å². The average molecular weight is 397 g/mol. The van der Waals surface area contributed by atoms with Gasteiger partial charge in [0.2, 0.25) is 5.91 Å². The Morgan fingerprint density at radius 1 is 1.41 bits per heavy atom. The Morgan fingerprint density at radius 2 is 2.11 bits per heavy atom. The van der Waals surface area contributed by atoms with Crippen molar-refractivity contribution in [3.63, 3.8) is 0 Å². The molecule has 0 unspecified atom stereocenters. The summed E-state index contributed by atoms with van der Waals surface area (Å²) >= 11 is 1.51. The van der Waals surface area contributed by atoms with Gasteiger partial charge in [-0.25, -0.2) is 4.79 Å². The van der Waals surface area contributed by atoms with Crippen molar-refractivity contribution in [3.8, 4) is 0 Å². The van der Waals surface area contributed by atoms with Crippen molar-refractivity contribution < 1.29 is 24.4 Å². The highest BCUT2D eigenvalue weighted by molar-refractivity contribution is 7.99. The summed E-state index contributed by atoms with van der Waals surface area (Å²) < 4.78 is 5.27. The van der Waals surface area contributed by atoms with E-state index in [9.17, 15) is 24.8 Å². The third-order valence-electron chi connectivity index (χ3n) is 3.67. The average Bonchev–Trinajstić information content (AvgIpc) is 2.58. The topological polar surface area (TPSA) is 113 Å². The number of anilines is 1. The van der Waals surface area contributed by atoms with E-state index in [-0.39, 0.29) is 25.4 Å². The van der Waals surface area contributed by atoms with Crippen molar-refractivity contribution in [1.29, 1.82) is 0 Å². The van der Waals surface area contributed by atoms with Gasteiger partial charge < -0.3 is 14.7 Å². The number of nitrogens with zero attached hydrogens (tertiary/aromatic N) is 3. The molecule has 2 amide bonds. The second-order valence-corrected chi connectivity index (χ2v) is 8.07. The molecule has 0 saturated carbocycles. The Kier molecular flexibility index (Phi) is 6.66. The van der Waals surface area contributed by atoms with Crippen LogP contribution in [-0.2, 0) is 9.53 Å². The maximum Gasteiger partial charge on any atom is 0.410 e. The molecule has 1 N–H and O–H groups in total. The molecule has 1 aliphatic heterocycles. The lowest BCUT2D eigenvalue weighted by molar-refractivity contribution is -0.384. The van der Waals surface area contributed by atoms with Crippen LogP contribution < -0.4 is 4.90 Å². The number of aliphatic hydroxyl groups is 1. The molecule has 1 aromatic rings. The summed E-state index contributed by atoms with van der Waals surface area (Å²) in [6.45, 7) is 4.85. The third-order valence-corrected chi connectivity index (χ3v) is 4.71. The number of hydrogen-bond acceptors (Lipinski definition) is 7. The van der Waals surface area contributed by atoms with Crippen molar-refractivity contribution >= 4 is 35.1 Å². The minimum absolute atomic E-state index is 0.0506. The molecule has 10 heteroatoms. The van der Waals surface area contributed by atoms with Gasteiger partial charge in [0.25, 0.3) is 5.69 Å². The molecule has 0 aliphatic carbocycles. The highest BCUT2D eigenvalue weighted by Gasteiger charge is 2.29. The predicted molar refractivity (Wildman–Crippen MR) is 101 cm³/mol. The fraction of sp³-hybridized carbons (Fsp3) is 0.529. The van der Waals surface area contributed by atoms with Gasteiger partial charge in [0.15, 0.2) is 0 Å². The van der Waals surface area contributed by atoms with Crippen molar-refractivity contribution in [2.45, 2.75) is 31.3 Å². The smallest absolute Gasteiger partial charge is 0.410 e. The number of benzene rings is 1. The van der Waals surface area contributed by atoms with Crippen LogP contribution in [0.1, 0.15) is 20.8 Å². The van der Waals surface area contributed by atoms with Gasteiger partial charge in [-0.1, -0.05) is 0 Å². The molecule has 0 bridgehead atoms. The van der Waals surface area contributed by atoms with Crippen LogP contribution in [0.25, 0.3) is 0 Å². The van der Waals surface area contributed by atoms with Crippen molar-refractivity contribution in [3.05, 3.63) is 28.3 Å². The maximum atomic E-state index is 12.8. The number of thioether (sulfide) groups is 1. The molecule has 0 fully saturated rings. The standard InChI is InChI=1S/C17H23N3O6S/c1-17(2,3)26-16(23)18(6-8-21)11-15(22)19-7-9-27-14-5-4-12(20(24)25)10-13(14)19/h4-5,10,21H,6-9,11H2,1-3H3. The summed E-state index contributed by atoms with van der Waals surface area (Å²) in [5, 5.41) is 20.3. The fourth-order valence-electron chi connectivity index (χ4n) is 2.51. The monoisotopic (exact) mass is 397 g/mol. The summed E-state index contributed by atoms with van der Waals surface area (Å²) in [6, 6.07) is 4.39. The normalized spacial score (nSPS) is 13.7. The molecule has 1 aromatic carbocycles. The number of non-ortho nitro benzene ring substituents is 1. The number of nitro groups is 1. The maximum absolute atomic E-state index is 12.8. The van der Waals surface area contributed by atoms with E-state index in [1.165, 1.54) is 28.8 Å². The number of rotatable bonds is 5. The number of hydrogen-bond donors (Lipinski definition) is 1. The van der Waals surface area contributed by atoms with Crippen molar-refractivity contribution in [2.75, 3.05) is 36.9 Å². The van der Waals surface area contributed by atoms with E-state index in [4.69, 9.17) is 4.74 Å². The number of ether oxygens (including phenoxy) is 1. The van der Waals surface area contributed by atoms with Crippen molar-refractivity contribution in [1.82, 2.24) is 4.90 Å². The largest absolute Gasteiger partial charge is 0.444 e. The summed E-state index contributed by atoms with van der Waals surface area (Å²) in [6.07, 6.45) is -0.699. The summed E-state index contributed by atoms with van der Waals surface area (Å²) in [5.74, 6) is 0.250. The van der Waals surface area contributed by atoms with Crippen molar-refractivity contribution in [2.24, 2.45) is 0 Å². The summed E-state index contributed by atoms with van der Waals surface area (Å²) in [4.78, 5) is 39.0. The third kappa shape index (κ3) is 5.57. The Balaban J connectivity index is 2.20. The zero-order chi connectivity index (χ0) is 20.2. The molecule has 27 heavy (non-hydrogen) atoms. The zero-order valence-corrected chi connectivity index (χ0v) is 16.3. The number of nitro benzene ring substituents is 1. The molecule has 1 heterocycles. The zero-order valence-electron chi connectivity index (χ0n) is 15.5. The number of carbonyl (C=O) groups excluding carboxylic acids is 2. The van der Waals surface area contributed by atoms with Gasteiger partial charge in [-0.15, -0.1) is 11.8 Å². The van der Waals surface area contributed by atoms with Gasteiger partial charge in [0.1, 0.15) is 12.1 Å². The van der Waals surface area contributed by atoms with E-state index in [1.54, 1.807) is 26.8 Å². The molecule has 2 rings (SSSR count). The Hall–Kier alpha value is -2.33. The highest BCUT2D eigenvalue weighted by atomic mass is 32.2. The molecular weight excluding hydrogens is 374 g/mol. The van der Waals surface area contributed by atoms with E-state index in [0.29, 0.717) is 18.0 Å². The van der Waals surface area contributed by atoms with Crippen LogP contribution in [0.4, 0.5) is 16.2 Å². The number of aliphatic hydroxyl groups excluding tert-OH is 1. The van der Waals surface area contributed by atoms with Gasteiger partial charge in [0, 0.05) is 35.9 Å². The number of fused-ring (bicyclic) bond motifs is 1. The van der Waals surface area contributed by atoms with E-state index < -0.39 is 22.5 Å². The molecular formula is C17H23N3O6S. The number of carbonyl (C=O) groups is 2. The van der Waals surface area contributed by atoms with Crippen LogP contribution in [0, 0.1) is 10.1 Å². The number of amides is 2. The second kappa shape index (κ2) is 8.57. The van der Waals surface area contributed by atoms with E-state index >= 15 is 0 Å². The lowest BCUT2D eigenvalue weighted by atomic mass is 10.2. The first-order valence-electron chi connectivity index (χ1n) is 8.43. The highest BCUT2D eigenvalue weighted by Crippen LogP contribution is 2.37. The predicted octanol–water partition coefficient (Wildman–Crippen LogP) is 2.26. The first kappa shape index (κ1) is 21.0. The minimum atomic E-state index is -0.733. The molecule has 0 spiro atoms. The molecule has 0 radical (unpaired) electrons. The fourth-order valence-corrected chi connectivity index (χ4v) is 3.48. The summed E-state index contributed by atoms with van der Waals surface area (Å²) in [5.41, 5.74) is -0.380. The first-order valence-corrected chi connectivity index (χ1v) is 9.41. The molecule has 0 aromatic heterocycles. The molecule has 0 saturated heterocycles. The van der Waals surface area contributed by atoms with E-state index in [2.05, 4.69) is 0 Å². The van der Waals surface area contributed by atoms with Crippen LogP contribution in [0.5, 0.6) is 0 Å². The van der Waals surface area contributed by atoms with Crippen LogP contribution in [0.2, 0.25) is 0 Å². The SMILES string of the molecule is CC(C)(C)OC(=O)N(CCO)CC(=O)N1CCSc2ccc([N+](=O)[O-])cc21. The Bertz CT molecular complexity index is 734. The molecule has 0 atom stereocenters. The van der Waals surface area contributed by atoms with Gasteiger partial charge in [-0.3, -0.25) is 19.8 Å². The van der Waals surface area contributed by atoms with Gasteiger partial charge in [0.05, 0.1) is 17.2 Å². The quantitative estimate of drug-likeness (QED) is 0.599. The van der Waals surface area contributed by atoms with Gasteiger partial charge in [-0.05, 0) is 26.8 Å². The minimum Gasteiger partial charge on any atom is -0.444 e. The van der Waals surface area contributed by atoms with E-state index in [1.807, 2.05) is 0 Å². The molecule has 1 aliphatic rings. The molecule has 148 valence electrons. The molecule has 9 nitrogen and oxygen atoms in total. The van der Waals surface area contributed by atoms with Crippen LogP contribution in [-0.4, -0.2) is 64.5 Å². The van der Waals surface area contributed by atoms with Crippen LogP contribution in [0.3, 0.4) is 0 Å². The van der Waals surface area contributed by atoms with Crippen LogP contribution in [0.15, 0.2) is 23.1 Å². The first-order chi connectivity index (χ1) is 12.6.